The Morgan fingerprint density at radius 3 is 2.48 bits per heavy atom. The van der Waals surface area contributed by atoms with E-state index in [1.165, 1.54) is 38.2 Å². The molecule has 21 heavy (non-hydrogen) atoms. The molecule has 116 valence electrons. The summed E-state index contributed by atoms with van der Waals surface area (Å²) in [5.41, 5.74) is 0.450. The third-order valence-electron chi connectivity index (χ3n) is 4.23. The molecule has 0 aromatic heterocycles. The molecule has 1 aromatic carbocycles. The highest BCUT2D eigenvalue weighted by Crippen LogP contribution is 2.36. The van der Waals surface area contributed by atoms with Crippen molar-refractivity contribution in [2.75, 3.05) is 5.32 Å². The summed E-state index contributed by atoms with van der Waals surface area (Å²) in [5.74, 6) is 0.567. The van der Waals surface area contributed by atoms with Gasteiger partial charge in [0.15, 0.2) is 0 Å². The molecule has 1 N–H and O–H groups in total. The van der Waals surface area contributed by atoms with Crippen molar-refractivity contribution >= 4 is 34.6 Å². The Bertz CT molecular complexity index is 517. The van der Waals surface area contributed by atoms with E-state index in [-0.39, 0.29) is 16.8 Å². The highest BCUT2D eigenvalue weighted by molar-refractivity contribution is 6.42. The van der Waals surface area contributed by atoms with Gasteiger partial charge < -0.3 is 5.32 Å². The van der Waals surface area contributed by atoms with Crippen LogP contribution in [0.1, 0.15) is 45.4 Å². The monoisotopic (exact) mass is 330 g/mol. The van der Waals surface area contributed by atoms with E-state index in [9.17, 15) is 10.1 Å². The van der Waals surface area contributed by atoms with Crippen molar-refractivity contribution in [3.05, 3.63) is 32.3 Å². The number of nitrogens with one attached hydrogen (secondary N) is 1. The molecule has 1 saturated carbocycles. The minimum absolute atomic E-state index is 0.0151. The van der Waals surface area contributed by atoms with Gasteiger partial charge in [0.05, 0.1) is 15.0 Å². The number of hydrogen-bond donors (Lipinski definition) is 1. The van der Waals surface area contributed by atoms with E-state index in [4.69, 9.17) is 23.2 Å². The van der Waals surface area contributed by atoms with Gasteiger partial charge in [0.1, 0.15) is 5.69 Å². The Kier molecular flexibility index (Phi) is 5.71. The minimum Gasteiger partial charge on any atom is -0.376 e. The highest BCUT2D eigenvalue weighted by Gasteiger charge is 2.25. The van der Waals surface area contributed by atoms with E-state index in [0.29, 0.717) is 16.6 Å². The number of nitrogens with zero attached hydrogens (tertiary/aromatic N) is 1. The molecule has 0 radical (unpaired) electrons. The smallest absolute Gasteiger partial charge is 0.293 e. The quantitative estimate of drug-likeness (QED) is 0.558. The van der Waals surface area contributed by atoms with Crippen LogP contribution in [0.4, 0.5) is 11.4 Å². The Labute approximate surface area is 135 Å². The standard InChI is InChI=1S/C15H20Cl2N2O2/c1-2-13(10-6-4-3-5-7-10)18-14-8-11(16)12(17)9-15(14)19(20)21/h8-10,13,18H,2-7H2,1H3. The lowest BCUT2D eigenvalue weighted by Gasteiger charge is -2.31. The van der Waals surface area contributed by atoms with Crippen LogP contribution in [0.2, 0.25) is 10.0 Å². The van der Waals surface area contributed by atoms with Crippen LogP contribution < -0.4 is 5.32 Å². The highest BCUT2D eigenvalue weighted by atomic mass is 35.5. The molecule has 0 bridgehead atoms. The Morgan fingerprint density at radius 2 is 1.90 bits per heavy atom. The number of rotatable bonds is 5. The van der Waals surface area contributed by atoms with Crippen LogP contribution in [0.3, 0.4) is 0 Å². The number of nitro benzene ring substituents is 1. The first kappa shape index (κ1) is 16.4. The molecule has 0 amide bonds. The van der Waals surface area contributed by atoms with E-state index in [1.54, 1.807) is 6.07 Å². The SMILES string of the molecule is CCC(Nc1cc(Cl)c(Cl)cc1[N+](=O)[O-])C1CCCCC1. The average molecular weight is 331 g/mol. The first-order chi connectivity index (χ1) is 10.0. The van der Waals surface area contributed by atoms with Crippen LogP contribution in [-0.4, -0.2) is 11.0 Å². The largest absolute Gasteiger partial charge is 0.376 e. The van der Waals surface area contributed by atoms with E-state index < -0.39 is 4.92 Å². The summed E-state index contributed by atoms with van der Waals surface area (Å²) in [6.45, 7) is 2.11. The fourth-order valence-corrected chi connectivity index (χ4v) is 3.41. The molecule has 2 rings (SSSR count). The summed E-state index contributed by atoms with van der Waals surface area (Å²) >= 11 is 11.9. The second-order valence-electron chi connectivity index (χ2n) is 5.60. The van der Waals surface area contributed by atoms with E-state index >= 15 is 0 Å². The number of hydrogen-bond acceptors (Lipinski definition) is 3. The van der Waals surface area contributed by atoms with Crippen molar-refractivity contribution in [2.45, 2.75) is 51.5 Å². The van der Waals surface area contributed by atoms with Crippen molar-refractivity contribution in [1.82, 2.24) is 0 Å². The maximum absolute atomic E-state index is 11.2. The van der Waals surface area contributed by atoms with Crippen LogP contribution in [0.25, 0.3) is 0 Å². The van der Waals surface area contributed by atoms with Crippen LogP contribution in [0, 0.1) is 16.0 Å². The third-order valence-corrected chi connectivity index (χ3v) is 4.96. The van der Waals surface area contributed by atoms with E-state index in [1.807, 2.05) is 0 Å². The number of nitro groups is 1. The summed E-state index contributed by atoms with van der Waals surface area (Å²) in [5, 5.41) is 15.1. The van der Waals surface area contributed by atoms with Crippen LogP contribution >= 0.6 is 23.2 Å². The molecule has 0 spiro atoms. The van der Waals surface area contributed by atoms with Gasteiger partial charge in [0, 0.05) is 12.1 Å². The van der Waals surface area contributed by atoms with E-state index in [2.05, 4.69) is 12.2 Å². The van der Waals surface area contributed by atoms with Crippen molar-refractivity contribution in [1.29, 1.82) is 0 Å². The predicted molar refractivity (Wildman–Crippen MR) is 87.4 cm³/mol. The molecule has 1 atom stereocenters. The normalized spacial score (nSPS) is 17.5. The summed E-state index contributed by atoms with van der Waals surface area (Å²) < 4.78 is 0. The summed E-state index contributed by atoms with van der Waals surface area (Å²) in [4.78, 5) is 10.8. The zero-order valence-electron chi connectivity index (χ0n) is 12.1. The van der Waals surface area contributed by atoms with Crippen LogP contribution in [0.15, 0.2) is 12.1 Å². The first-order valence-electron chi connectivity index (χ1n) is 7.43. The molecular formula is C15H20Cl2N2O2. The fraction of sp³-hybridized carbons (Fsp3) is 0.600. The maximum atomic E-state index is 11.2. The second kappa shape index (κ2) is 7.32. The lowest BCUT2D eigenvalue weighted by molar-refractivity contribution is -0.384. The Morgan fingerprint density at radius 1 is 1.29 bits per heavy atom. The molecule has 1 aliphatic carbocycles. The lowest BCUT2D eigenvalue weighted by Crippen LogP contribution is -2.30. The number of anilines is 1. The molecule has 0 aliphatic heterocycles. The van der Waals surface area contributed by atoms with Gasteiger partial charge in [-0.1, -0.05) is 49.4 Å². The third kappa shape index (κ3) is 4.01. The van der Waals surface area contributed by atoms with Gasteiger partial charge in [-0.3, -0.25) is 10.1 Å². The van der Waals surface area contributed by atoms with Gasteiger partial charge in [-0.2, -0.15) is 0 Å². The zero-order chi connectivity index (χ0) is 15.4. The number of benzene rings is 1. The average Bonchev–Trinajstić information content (AvgIpc) is 2.48. The summed E-state index contributed by atoms with van der Waals surface area (Å²) in [6, 6.07) is 3.12. The van der Waals surface area contributed by atoms with Crippen LogP contribution in [-0.2, 0) is 0 Å². The summed E-state index contributed by atoms with van der Waals surface area (Å²) in [7, 11) is 0. The molecule has 1 unspecified atom stereocenters. The van der Waals surface area contributed by atoms with Gasteiger partial charge in [-0.05, 0) is 31.2 Å². The van der Waals surface area contributed by atoms with Crippen molar-refractivity contribution < 1.29 is 4.92 Å². The van der Waals surface area contributed by atoms with Crippen molar-refractivity contribution in [3.63, 3.8) is 0 Å². The molecule has 1 aliphatic rings. The molecule has 0 heterocycles. The lowest BCUT2D eigenvalue weighted by atomic mass is 9.83. The molecule has 4 nitrogen and oxygen atoms in total. The first-order valence-corrected chi connectivity index (χ1v) is 8.18. The van der Waals surface area contributed by atoms with Crippen molar-refractivity contribution in [3.8, 4) is 0 Å². The zero-order valence-corrected chi connectivity index (χ0v) is 13.6. The van der Waals surface area contributed by atoms with Gasteiger partial charge in [0.2, 0.25) is 0 Å². The number of halogens is 2. The maximum Gasteiger partial charge on any atom is 0.293 e. The topological polar surface area (TPSA) is 55.2 Å². The molecule has 6 heteroatoms. The van der Waals surface area contributed by atoms with Crippen LogP contribution in [0.5, 0.6) is 0 Å². The molecule has 1 aromatic rings. The van der Waals surface area contributed by atoms with Gasteiger partial charge in [0.25, 0.3) is 5.69 Å². The Hall–Kier alpha value is -1.00. The fourth-order valence-electron chi connectivity index (χ4n) is 3.09. The van der Waals surface area contributed by atoms with Gasteiger partial charge in [-0.15, -0.1) is 0 Å². The predicted octanol–water partition coefficient (Wildman–Crippen LogP) is 5.67. The van der Waals surface area contributed by atoms with E-state index in [0.717, 1.165) is 6.42 Å². The van der Waals surface area contributed by atoms with Gasteiger partial charge in [-0.25, -0.2) is 0 Å². The second-order valence-corrected chi connectivity index (χ2v) is 6.41. The Balaban J connectivity index is 2.23. The molecule has 1 fully saturated rings. The molecular weight excluding hydrogens is 311 g/mol. The molecule has 0 saturated heterocycles. The van der Waals surface area contributed by atoms with Gasteiger partial charge >= 0.3 is 0 Å². The summed E-state index contributed by atoms with van der Waals surface area (Å²) in [6.07, 6.45) is 7.07. The minimum atomic E-state index is -0.419. The van der Waals surface area contributed by atoms with Crippen molar-refractivity contribution in [2.24, 2.45) is 5.92 Å².